The predicted molar refractivity (Wildman–Crippen MR) is 115 cm³/mol. The Balaban J connectivity index is 1.69. The van der Waals surface area contributed by atoms with Crippen LogP contribution in [0.1, 0.15) is 0 Å². The molecule has 138 valence electrons. The minimum Gasteiger partial charge on any atom is -0.332 e. The van der Waals surface area contributed by atoms with Crippen LogP contribution in [0.3, 0.4) is 0 Å². The number of rotatable bonds is 5. The molecule has 0 radical (unpaired) electrons. The van der Waals surface area contributed by atoms with E-state index in [1.165, 1.54) is 12.1 Å². The third-order valence-corrected chi connectivity index (χ3v) is 5.76. The van der Waals surface area contributed by atoms with E-state index < -0.39 is 10.0 Å². The molecule has 0 fully saturated rings. The van der Waals surface area contributed by atoms with E-state index in [0.29, 0.717) is 10.8 Å². The van der Waals surface area contributed by atoms with Crippen LogP contribution in [0.4, 0.5) is 11.4 Å². The summed E-state index contributed by atoms with van der Waals surface area (Å²) in [6.07, 6.45) is 0. The molecule has 3 aromatic rings. The quantitative estimate of drug-likeness (QED) is 0.539. The van der Waals surface area contributed by atoms with E-state index in [1.54, 1.807) is 23.9 Å². The number of para-hydroxylation sites is 1. The van der Waals surface area contributed by atoms with Gasteiger partial charge in [0.2, 0.25) is 10.0 Å². The van der Waals surface area contributed by atoms with Crippen molar-refractivity contribution >= 4 is 50.5 Å². The van der Waals surface area contributed by atoms with Crippen LogP contribution in [-0.4, -0.2) is 13.5 Å². The number of primary sulfonamides is 1. The molecule has 0 aromatic heterocycles. The third kappa shape index (κ3) is 5.54. The Hall–Kier alpha value is -2.39. The highest BCUT2D eigenvalue weighted by atomic mass is 32.2. The molecular formula is C19H17N3O2S3. The van der Waals surface area contributed by atoms with Gasteiger partial charge >= 0.3 is 0 Å². The maximum Gasteiger partial charge on any atom is 0.238 e. The lowest BCUT2D eigenvalue weighted by molar-refractivity contribution is 0.598. The summed E-state index contributed by atoms with van der Waals surface area (Å²) in [6, 6.07) is 24.0. The second kappa shape index (κ2) is 8.53. The molecule has 3 aromatic carbocycles. The van der Waals surface area contributed by atoms with Crippen LogP contribution >= 0.6 is 24.0 Å². The second-order valence-corrected chi connectivity index (χ2v) is 8.64. The van der Waals surface area contributed by atoms with E-state index >= 15 is 0 Å². The Morgan fingerprint density at radius 3 is 2.15 bits per heavy atom. The fraction of sp³-hybridized carbons (Fsp3) is 0. The van der Waals surface area contributed by atoms with E-state index in [0.717, 1.165) is 15.5 Å². The number of benzene rings is 3. The highest BCUT2D eigenvalue weighted by Crippen LogP contribution is 2.33. The van der Waals surface area contributed by atoms with E-state index in [-0.39, 0.29) is 4.90 Å². The van der Waals surface area contributed by atoms with Gasteiger partial charge in [0.1, 0.15) is 0 Å². The van der Waals surface area contributed by atoms with E-state index in [4.69, 9.17) is 17.4 Å². The van der Waals surface area contributed by atoms with Crippen molar-refractivity contribution in [2.45, 2.75) is 14.7 Å². The molecule has 27 heavy (non-hydrogen) atoms. The Bertz CT molecular complexity index is 1040. The number of thiocarbonyl (C=S) groups is 1. The van der Waals surface area contributed by atoms with Crippen LogP contribution < -0.4 is 15.8 Å². The summed E-state index contributed by atoms with van der Waals surface area (Å²) in [7, 11) is -3.71. The van der Waals surface area contributed by atoms with E-state index in [1.807, 2.05) is 54.6 Å². The zero-order valence-electron chi connectivity index (χ0n) is 14.1. The van der Waals surface area contributed by atoms with Gasteiger partial charge in [-0.15, -0.1) is 0 Å². The molecule has 0 spiro atoms. The van der Waals surface area contributed by atoms with Gasteiger partial charge in [-0.3, -0.25) is 0 Å². The fourth-order valence-electron chi connectivity index (χ4n) is 2.29. The van der Waals surface area contributed by atoms with Gasteiger partial charge in [0.05, 0.1) is 10.6 Å². The molecule has 0 aliphatic carbocycles. The summed E-state index contributed by atoms with van der Waals surface area (Å²) < 4.78 is 22.6. The van der Waals surface area contributed by atoms with Crippen LogP contribution in [0.2, 0.25) is 0 Å². The van der Waals surface area contributed by atoms with Crippen molar-refractivity contribution in [2.24, 2.45) is 5.14 Å². The average molecular weight is 416 g/mol. The molecule has 0 saturated heterocycles. The van der Waals surface area contributed by atoms with Crippen molar-refractivity contribution in [3.05, 3.63) is 78.9 Å². The zero-order valence-corrected chi connectivity index (χ0v) is 16.6. The molecule has 0 aliphatic rings. The molecular weight excluding hydrogens is 398 g/mol. The molecule has 5 nitrogen and oxygen atoms in total. The monoisotopic (exact) mass is 415 g/mol. The van der Waals surface area contributed by atoms with Crippen molar-refractivity contribution in [2.75, 3.05) is 10.6 Å². The van der Waals surface area contributed by atoms with Gasteiger partial charge in [-0.25, -0.2) is 13.6 Å². The lowest BCUT2D eigenvalue weighted by Gasteiger charge is -2.14. The molecule has 0 aliphatic heterocycles. The van der Waals surface area contributed by atoms with E-state index in [9.17, 15) is 8.42 Å². The van der Waals surface area contributed by atoms with Crippen LogP contribution in [0.15, 0.2) is 93.5 Å². The van der Waals surface area contributed by atoms with Gasteiger partial charge in [-0.05, 0) is 60.7 Å². The molecule has 0 heterocycles. The summed E-state index contributed by atoms with van der Waals surface area (Å²) in [5, 5.41) is 11.7. The standard InChI is InChI=1S/C19H17N3O2S3/c20-27(23,24)16-12-10-14(11-13-16)21-19(25)22-17-8-4-5-9-18(17)26-15-6-2-1-3-7-15/h1-13H,(H2,20,23,24)(H2,21,22,25). The minimum absolute atomic E-state index is 0.0523. The molecule has 0 unspecified atom stereocenters. The first-order valence-electron chi connectivity index (χ1n) is 7.94. The van der Waals surface area contributed by atoms with Crippen molar-refractivity contribution < 1.29 is 8.42 Å². The topological polar surface area (TPSA) is 84.2 Å². The Labute approximate surface area is 168 Å². The molecule has 0 amide bonds. The van der Waals surface area contributed by atoms with Gasteiger partial charge < -0.3 is 10.6 Å². The summed E-state index contributed by atoms with van der Waals surface area (Å²) in [6.45, 7) is 0. The van der Waals surface area contributed by atoms with Crippen molar-refractivity contribution in [1.82, 2.24) is 0 Å². The summed E-state index contributed by atoms with van der Waals surface area (Å²) in [5.41, 5.74) is 1.54. The lowest BCUT2D eigenvalue weighted by atomic mass is 10.3. The third-order valence-electron chi connectivity index (χ3n) is 3.55. The Morgan fingerprint density at radius 1 is 0.852 bits per heavy atom. The largest absolute Gasteiger partial charge is 0.332 e. The van der Waals surface area contributed by atoms with Crippen molar-refractivity contribution in [1.29, 1.82) is 0 Å². The number of nitrogens with one attached hydrogen (secondary N) is 2. The lowest BCUT2D eigenvalue weighted by Crippen LogP contribution is -2.19. The number of nitrogens with two attached hydrogens (primary N) is 1. The molecule has 8 heteroatoms. The SMILES string of the molecule is NS(=O)(=O)c1ccc(NC(=S)Nc2ccccc2Sc2ccccc2)cc1. The first-order valence-corrected chi connectivity index (χ1v) is 10.7. The number of hydrogen-bond acceptors (Lipinski definition) is 4. The first kappa shape index (κ1) is 19.4. The maximum absolute atomic E-state index is 11.3. The van der Waals surface area contributed by atoms with Gasteiger partial charge in [0, 0.05) is 15.5 Å². The zero-order chi connectivity index (χ0) is 19.3. The molecule has 0 bridgehead atoms. The van der Waals surface area contributed by atoms with Crippen LogP contribution in [0.25, 0.3) is 0 Å². The first-order chi connectivity index (χ1) is 12.9. The minimum atomic E-state index is -3.71. The van der Waals surface area contributed by atoms with Crippen molar-refractivity contribution in [3.63, 3.8) is 0 Å². The summed E-state index contributed by atoms with van der Waals surface area (Å²) in [5.74, 6) is 0. The number of sulfonamides is 1. The Kier molecular flexibility index (Phi) is 6.12. The predicted octanol–water partition coefficient (Wildman–Crippen LogP) is 4.29. The maximum atomic E-state index is 11.3. The Morgan fingerprint density at radius 2 is 1.48 bits per heavy atom. The molecule has 0 atom stereocenters. The molecule has 4 N–H and O–H groups in total. The molecule has 3 rings (SSSR count). The summed E-state index contributed by atoms with van der Waals surface area (Å²) in [4.78, 5) is 2.22. The van der Waals surface area contributed by atoms with Gasteiger partial charge in [0.15, 0.2) is 5.11 Å². The highest BCUT2D eigenvalue weighted by molar-refractivity contribution is 7.99. The van der Waals surface area contributed by atoms with Crippen LogP contribution in [0.5, 0.6) is 0 Å². The second-order valence-electron chi connectivity index (χ2n) is 5.56. The fourth-order valence-corrected chi connectivity index (χ4v) is 3.95. The van der Waals surface area contributed by atoms with Gasteiger partial charge in [0.25, 0.3) is 0 Å². The van der Waals surface area contributed by atoms with Gasteiger partial charge in [-0.1, -0.05) is 42.1 Å². The van der Waals surface area contributed by atoms with E-state index in [2.05, 4.69) is 10.6 Å². The van der Waals surface area contributed by atoms with Crippen LogP contribution in [0, 0.1) is 0 Å². The number of anilines is 2. The van der Waals surface area contributed by atoms with Crippen molar-refractivity contribution in [3.8, 4) is 0 Å². The summed E-state index contributed by atoms with van der Waals surface area (Å²) >= 11 is 7.01. The normalized spacial score (nSPS) is 11.0. The molecule has 0 saturated carbocycles. The van der Waals surface area contributed by atoms with Gasteiger partial charge in [-0.2, -0.15) is 0 Å². The van der Waals surface area contributed by atoms with Crippen LogP contribution in [-0.2, 0) is 10.0 Å². The highest BCUT2D eigenvalue weighted by Gasteiger charge is 2.08. The average Bonchev–Trinajstić information content (AvgIpc) is 2.64. The number of hydrogen-bond donors (Lipinski definition) is 3. The smallest absolute Gasteiger partial charge is 0.238 e.